The lowest BCUT2D eigenvalue weighted by Gasteiger charge is -2.40. The van der Waals surface area contributed by atoms with Gasteiger partial charge in [0.25, 0.3) is 0 Å². The molecule has 4 rings (SSSR count). The van der Waals surface area contributed by atoms with E-state index in [1.165, 1.54) is 36.9 Å². The molecule has 2 aliphatic rings. The van der Waals surface area contributed by atoms with E-state index in [0.29, 0.717) is 24.3 Å². The fourth-order valence-corrected chi connectivity index (χ4v) is 4.90. The lowest BCUT2D eigenvalue weighted by molar-refractivity contribution is 0.0697. The molecule has 2 aliphatic carbocycles. The molecule has 0 heterocycles. The number of phenolic OH excluding ortho intramolecular Hbond substituents is 1. The summed E-state index contributed by atoms with van der Waals surface area (Å²) in [5.74, 6) is 1.66. The molecule has 0 amide bonds. The Balaban J connectivity index is 1.23. The number of hydrogen-bond donors (Lipinski definition) is 2. The SMILES string of the molecule is CC1Cc2cc(O)ccc2CC1N(CCCCCOc1ccc(C(=O)O)cc1)CC1CC1. The number of phenols is 1. The van der Waals surface area contributed by atoms with E-state index in [-0.39, 0.29) is 5.56 Å². The highest BCUT2D eigenvalue weighted by Gasteiger charge is 2.33. The highest BCUT2D eigenvalue weighted by Crippen LogP contribution is 2.35. The molecule has 0 radical (unpaired) electrons. The van der Waals surface area contributed by atoms with Gasteiger partial charge in [-0.05, 0) is 111 Å². The van der Waals surface area contributed by atoms with Gasteiger partial charge in [-0.3, -0.25) is 4.90 Å². The topological polar surface area (TPSA) is 70.0 Å². The molecule has 0 saturated heterocycles. The van der Waals surface area contributed by atoms with Gasteiger partial charge in [-0.2, -0.15) is 0 Å². The zero-order valence-electron chi connectivity index (χ0n) is 19.0. The number of ether oxygens (including phenoxy) is 1. The minimum atomic E-state index is -0.916. The first kappa shape index (κ1) is 22.7. The van der Waals surface area contributed by atoms with Gasteiger partial charge in [0.2, 0.25) is 0 Å². The van der Waals surface area contributed by atoms with Crippen molar-refractivity contribution in [3.63, 3.8) is 0 Å². The van der Waals surface area contributed by atoms with Crippen molar-refractivity contribution in [3.8, 4) is 11.5 Å². The van der Waals surface area contributed by atoms with Crippen LogP contribution in [0.1, 0.15) is 60.5 Å². The third-order valence-corrected chi connectivity index (χ3v) is 6.94. The summed E-state index contributed by atoms with van der Waals surface area (Å²) in [6.45, 7) is 5.37. The average molecular weight is 438 g/mol. The first-order valence-electron chi connectivity index (χ1n) is 12.0. The Morgan fingerprint density at radius 3 is 2.53 bits per heavy atom. The Labute approximate surface area is 191 Å². The number of rotatable bonds is 11. The summed E-state index contributed by atoms with van der Waals surface area (Å²) in [6, 6.07) is 13.1. The number of aromatic hydroxyl groups is 1. The van der Waals surface area contributed by atoms with E-state index in [9.17, 15) is 9.90 Å². The van der Waals surface area contributed by atoms with Crippen molar-refractivity contribution >= 4 is 5.97 Å². The van der Waals surface area contributed by atoms with Gasteiger partial charge in [-0.25, -0.2) is 4.79 Å². The zero-order chi connectivity index (χ0) is 22.5. The normalized spacial score (nSPS) is 20.2. The van der Waals surface area contributed by atoms with Crippen LogP contribution >= 0.6 is 0 Å². The van der Waals surface area contributed by atoms with Gasteiger partial charge in [0.1, 0.15) is 11.5 Å². The minimum absolute atomic E-state index is 0.282. The first-order chi connectivity index (χ1) is 15.5. The Hall–Kier alpha value is -2.53. The van der Waals surface area contributed by atoms with Crippen molar-refractivity contribution in [2.24, 2.45) is 11.8 Å². The lowest BCUT2D eigenvalue weighted by atomic mass is 9.80. The molecule has 1 saturated carbocycles. The van der Waals surface area contributed by atoms with Crippen LogP contribution in [0.5, 0.6) is 11.5 Å². The molecule has 2 aromatic carbocycles. The molecular formula is C27H35NO4. The quantitative estimate of drug-likeness (QED) is 0.476. The summed E-state index contributed by atoms with van der Waals surface area (Å²) in [4.78, 5) is 13.7. The summed E-state index contributed by atoms with van der Waals surface area (Å²) in [6.07, 6.45) is 8.16. The van der Waals surface area contributed by atoms with E-state index in [0.717, 1.165) is 43.9 Å². The van der Waals surface area contributed by atoms with Crippen molar-refractivity contribution in [2.75, 3.05) is 19.7 Å². The maximum atomic E-state index is 10.9. The van der Waals surface area contributed by atoms with E-state index < -0.39 is 5.97 Å². The number of nitrogens with zero attached hydrogens (tertiary/aromatic N) is 1. The number of fused-ring (bicyclic) bond motifs is 1. The molecular weight excluding hydrogens is 402 g/mol. The van der Waals surface area contributed by atoms with Gasteiger partial charge >= 0.3 is 5.97 Å². The summed E-state index contributed by atoms with van der Waals surface area (Å²) in [5, 5.41) is 18.8. The molecule has 1 fully saturated rings. The molecule has 2 unspecified atom stereocenters. The summed E-state index contributed by atoms with van der Waals surface area (Å²) in [5.41, 5.74) is 2.99. The number of unbranched alkanes of at least 4 members (excludes halogenated alkanes) is 2. The van der Waals surface area contributed by atoms with Crippen LogP contribution in [0, 0.1) is 11.8 Å². The Morgan fingerprint density at radius 1 is 1.03 bits per heavy atom. The van der Waals surface area contributed by atoms with Crippen molar-refractivity contribution < 1.29 is 19.7 Å². The Morgan fingerprint density at radius 2 is 1.81 bits per heavy atom. The van der Waals surface area contributed by atoms with Crippen LogP contribution in [-0.4, -0.2) is 46.8 Å². The number of benzene rings is 2. The number of hydrogen-bond acceptors (Lipinski definition) is 4. The number of carbonyl (C=O) groups is 1. The van der Waals surface area contributed by atoms with Gasteiger partial charge in [0.15, 0.2) is 0 Å². The monoisotopic (exact) mass is 437 g/mol. The molecule has 2 N–H and O–H groups in total. The van der Waals surface area contributed by atoms with Crippen LogP contribution in [0.2, 0.25) is 0 Å². The summed E-state index contributed by atoms with van der Waals surface area (Å²) in [7, 11) is 0. The van der Waals surface area contributed by atoms with Crippen LogP contribution in [0.3, 0.4) is 0 Å². The van der Waals surface area contributed by atoms with Gasteiger partial charge in [-0.15, -0.1) is 0 Å². The first-order valence-corrected chi connectivity index (χ1v) is 12.0. The van der Waals surface area contributed by atoms with Gasteiger partial charge in [0.05, 0.1) is 12.2 Å². The lowest BCUT2D eigenvalue weighted by Crippen LogP contribution is -2.45. The largest absolute Gasteiger partial charge is 0.508 e. The number of aromatic carboxylic acids is 1. The van der Waals surface area contributed by atoms with Gasteiger partial charge in [0, 0.05) is 12.6 Å². The molecule has 5 nitrogen and oxygen atoms in total. The zero-order valence-corrected chi connectivity index (χ0v) is 19.0. The fourth-order valence-electron chi connectivity index (χ4n) is 4.90. The number of carboxylic acid groups (broad SMARTS) is 1. The average Bonchev–Trinajstić information content (AvgIpc) is 3.59. The predicted octanol–water partition coefficient (Wildman–Crippen LogP) is 5.16. The van der Waals surface area contributed by atoms with Crippen molar-refractivity contribution in [2.45, 2.75) is 57.9 Å². The van der Waals surface area contributed by atoms with Crippen LogP contribution in [0.4, 0.5) is 0 Å². The second kappa shape index (κ2) is 10.4. The van der Waals surface area contributed by atoms with Crippen LogP contribution in [-0.2, 0) is 12.8 Å². The summed E-state index contributed by atoms with van der Waals surface area (Å²) < 4.78 is 5.78. The van der Waals surface area contributed by atoms with Crippen molar-refractivity contribution in [1.82, 2.24) is 4.90 Å². The van der Waals surface area contributed by atoms with Crippen LogP contribution in [0.25, 0.3) is 0 Å². The summed E-state index contributed by atoms with van der Waals surface area (Å²) >= 11 is 0. The van der Waals surface area contributed by atoms with Crippen molar-refractivity contribution in [3.05, 3.63) is 59.2 Å². The molecule has 172 valence electrons. The van der Waals surface area contributed by atoms with Crippen LogP contribution < -0.4 is 4.74 Å². The van der Waals surface area contributed by atoms with E-state index in [1.54, 1.807) is 24.3 Å². The fraction of sp³-hybridized carbons (Fsp3) is 0.519. The number of carboxylic acids is 1. The smallest absolute Gasteiger partial charge is 0.335 e. The Bertz CT molecular complexity index is 906. The molecule has 0 aliphatic heterocycles. The van der Waals surface area contributed by atoms with Crippen molar-refractivity contribution in [1.29, 1.82) is 0 Å². The molecule has 2 atom stereocenters. The molecule has 0 aromatic heterocycles. The minimum Gasteiger partial charge on any atom is -0.508 e. The molecule has 5 heteroatoms. The molecule has 2 aromatic rings. The van der Waals surface area contributed by atoms with E-state index in [2.05, 4.69) is 17.9 Å². The highest BCUT2D eigenvalue weighted by molar-refractivity contribution is 5.87. The Kier molecular flexibility index (Phi) is 7.36. The van der Waals surface area contributed by atoms with E-state index in [4.69, 9.17) is 9.84 Å². The van der Waals surface area contributed by atoms with Gasteiger partial charge < -0.3 is 14.9 Å². The third kappa shape index (κ3) is 6.04. The highest BCUT2D eigenvalue weighted by atomic mass is 16.5. The predicted molar refractivity (Wildman–Crippen MR) is 126 cm³/mol. The molecule has 0 spiro atoms. The van der Waals surface area contributed by atoms with Gasteiger partial charge in [-0.1, -0.05) is 13.0 Å². The maximum absolute atomic E-state index is 10.9. The standard InChI is InChI=1S/C27H35NO4/c1-19-15-23-16-24(29)10-7-22(23)17-26(19)28(18-20-5-6-20)13-3-2-4-14-32-25-11-8-21(9-12-25)27(30)31/h7-12,16,19-20,26,29H,2-6,13-15,17-18H2,1H3,(H,30,31). The second-order valence-electron chi connectivity index (χ2n) is 9.58. The van der Waals surface area contributed by atoms with Crippen LogP contribution in [0.15, 0.2) is 42.5 Å². The maximum Gasteiger partial charge on any atom is 0.335 e. The molecule has 0 bridgehead atoms. The van der Waals surface area contributed by atoms with E-state index >= 15 is 0 Å². The van der Waals surface area contributed by atoms with E-state index in [1.807, 2.05) is 12.1 Å². The molecule has 32 heavy (non-hydrogen) atoms. The third-order valence-electron chi connectivity index (χ3n) is 6.94. The second-order valence-corrected chi connectivity index (χ2v) is 9.58.